The summed E-state index contributed by atoms with van der Waals surface area (Å²) in [6.07, 6.45) is 3.55. The lowest BCUT2D eigenvalue weighted by Crippen LogP contribution is -2.50. The van der Waals surface area contributed by atoms with Gasteiger partial charge in [0.15, 0.2) is 0 Å². The summed E-state index contributed by atoms with van der Waals surface area (Å²) in [5, 5.41) is 6.70. The van der Waals surface area contributed by atoms with Crippen molar-refractivity contribution < 1.29 is 9.53 Å². The lowest BCUT2D eigenvalue weighted by Gasteiger charge is -2.35. The summed E-state index contributed by atoms with van der Waals surface area (Å²) in [6.45, 7) is 15.4. The Kier molecular flexibility index (Phi) is 7.17. The lowest BCUT2D eigenvalue weighted by atomic mass is 9.80. The Balaban J connectivity index is 2.48. The van der Waals surface area contributed by atoms with Crippen LogP contribution < -0.4 is 10.6 Å². The van der Waals surface area contributed by atoms with Crippen LogP contribution in [0.5, 0.6) is 0 Å². The van der Waals surface area contributed by atoms with Gasteiger partial charge in [0.1, 0.15) is 5.60 Å². The van der Waals surface area contributed by atoms with Gasteiger partial charge in [0.25, 0.3) is 0 Å². The van der Waals surface area contributed by atoms with Crippen LogP contribution in [-0.4, -0.2) is 30.3 Å². The van der Waals surface area contributed by atoms with Crippen LogP contribution >= 0.6 is 0 Å². The predicted octanol–water partition coefficient (Wildman–Crippen LogP) is 3.95. The van der Waals surface area contributed by atoms with Crippen LogP contribution in [0, 0.1) is 17.8 Å². The van der Waals surface area contributed by atoms with Crippen LogP contribution in [0.1, 0.15) is 67.7 Å². The number of rotatable bonds is 5. The van der Waals surface area contributed by atoms with Gasteiger partial charge in [-0.25, -0.2) is 4.79 Å². The third kappa shape index (κ3) is 6.99. The van der Waals surface area contributed by atoms with E-state index < -0.39 is 5.60 Å². The van der Waals surface area contributed by atoms with E-state index in [9.17, 15) is 4.79 Å². The van der Waals surface area contributed by atoms with Gasteiger partial charge in [-0.15, -0.1) is 0 Å². The topological polar surface area (TPSA) is 50.4 Å². The van der Waals surface area contributed by atoms with Crippen LogP contribution in [-0.2, 0) is 4.74 Å². The molecule has 22 heavy (non-hydrogen) atoms. The number of hydrogen-bond donors (Lipinski definition) is 2. The van der Waals surface area contributed by atoms with Crippen molar-refractivity contribution in [2.45, 2.75) is 85.4 Å². The summed E-state index contributed by atoms with van der Waals surface area (Å²) in [5.41, 5.74) is -0.452. The molecule has 0 bridgehead atoms. The molecular weight excluding hydrogens is 276 g/mol. The van der Waals surface area contributed by atoms with Gasteiger partial charge in [0.2, 0.25) is 0 Å². The summed E-state index contributed by atoms with van der Waals surface area (Å²) >= 11 is 0. The molecule has 0 aromatic rings. The maximum atomic E-state index is 12.0. The molecule has 4 atom stereocenters. The zero-order valence-electron chi connectivity index (χ0n) is 15.5. The van der Waals surface area contributed by atoms with E-state index in [4.69, 9.17) is 4.74 Å². The Hall–Kier alpha value is -0.770. The second-order valence-electron chi connectivity index (χ2n) is 8.41. The molecular formula is C18H36N2O2. The molecule has 4 nitrogen and oxygen atoms in total. The average molecular weight is 312 g/mol. The van der Waals surface area contributed by atoms with Gasteiger partial charge in [0, 0.05) is 18.6 Å². The van der Waals surface area contributed by atoms with Crippen molar-refractivity contribution >= 4 is 6.09 Å². The van der Waals surface area contributed by atoms with E-state index >= 15 is 0 Å². The standard InChI is InChI=1S/C18H36N2O2/c1-12(2)16(20-17(21)22-18(5,6)7)11-19-15-10-13(3)8-9-14(15)4/h12-16,19H,8-11H2,1-7H3,(H,20,21). The Morgan fingerprint density at radius 3 is 2.41 bits per heavy atom. The van der Waals surface area contributed by atoms with Crippen molar-refractivity contribution in [1.82, 2.24) is 10.6 Å². The third-order valence-corrected chi connectivity index (χ3v) is 4.56. The van der Waals surface area contributed by atoms with Crippen molar-refractivity contribution in [3.8, 4) is 0 Å². The number of amides is 1. The number of ether oxygens (including phenoxy) is 1. The smallest absolute Gasteiger partial charge is 0.407 e. The first-order valence-corrected chi connectivity index (χ1v) is 8.81. The molecule has 0 heterocycles. The Bertz CT molecular complexity index is 349. The number of alkyl carbamates (subject to hydrolysis) is 1. The molecule has 4 heteroatoms. The summed E-state index contributed by atoms with van der Waals surface area (Å²) in [7, 11) is 0. The van der Waals surface area contributed by atoms with Crippen LogP contribution in [0.4, 0.5) is 4.79 Å². The first kappa shape index (κ1) is 19.3. The first-order valence-electron chi connectivity index (χ1n) is 8.81. The second kappa shape index (κ2) is 8.19. The molecule has 0 aromatic carbocycles. The quantitative estimate of drug-likeness (QED) is 0.808. The zero-order chi connectivity index (χ0) is 16.9. The first-order chi connectivity index (χ1) is 10.1. The summed E-state index contributed by atoms with van der Waals surface area (Å²) in [6, 6.07) is 0.657. The third-order valence-electron chi connectivity index (χ3n) is 4.56. The van der Waals surface area contributed by atoms with Crippen LogP contribution in [0.25, 0.3) is 0 Å². The fraction of sp³-hybridized carbons (Fsp3) is 0.944. The number of hydrogen-bond acceptors (Lipinski definition) is 3. The molecule has 0 saturated heterocycles. The minimum Gasteiger partial charge on any atom is -0.444 e. The molecule has 1 aliphatic carbocycles. The summed E-state index contributed by atoms with van der Waals surface area (Å²) < 4.78 is 5.37. The molecule has 1 saturated carbocycles. The molecule has 0 aliphatic heterocycles. The summed E-state index contributed by atoms with van der Waals surface area (Å²) in [4.78, 5) is 12.0. The Morgan fingerprint density at radius 2 is 1.86 bits per heavy atom. The van der Waals surface area contributed by atoms with E-state index in [1.807, 2.05) is 20.8 Å². The molecule has 1 aliphatic rings. The highest BCUT2D eigenvalue weighted by molar-refractivity contribution is 5.68. The average Bonchev–Trinajstić information content (AvgIpc) is 2.35. The zero-order valence-corrected chi connectivity index (χ0v) is 15.5. The van der Waals surface area contributed by atoms with E-state index in [0.29, 0.717) is 17.9 Å². The van der Waals surface area contributed by atoms with Gasteiger partial charge < -0.3 is 15.4 Å². The van der Waals surface area contributed by atoms with E-state index in [1.165, 1.54) is 19.3 Å². The monoisotopic (exact) mass is 312 g/mol. The molecule has 0 aromatic heterocycles. The fourth-order valence-electron chi connectivity index (χ4n) is 3.01. The largest absolute Gasteiger partial charge is 0.444 e. The Morgan fingerprint density at radius 1 is 1.23 bits per heavy atom. The molecule has 0 spiro atoms. The van der Waals surface area contributed by atoms with Gasteiger partial charge in [0.05, 0.1) is 0 Å². The minimum atomic E-state index is -0.452. The molecule has 1 fully saturated rings. The van der Waals surface area contributed by atoms with Crippen molar-refractivity contribution in [1.29, 1.82) is 0 Å². The minimum absolute atomic E-state index is 0.0966. The highest BCUT2D eigenvalue weighted by Crippen LogP contribution is 2.28. The maximum absolute atomic E-state index is 12.0. The van der Waals surface area contributed by atoms with E-state index in [2.05, 4.69) is 38.3 Å². The Labute approximate surface area is 136 Å². The van der Waals surface area contributed by atoms with E-state index in [1.54, 1.807) is 0 Å². The van der Waals surface area contributed by atoms with Gasteiger partial charge in [-0.3, -0.25) is 0 Å². The lowest BCUT2D eigenvalue weighted by molar-refractivity contribution is 0.0487. The van der Waals surface area contributed by atoms with Crippen LogP contribution in [0.15, 0.2) is 0 Å². The second-order valence-corrected chi connectivity index (χ2v) is 8.41. The van der Waals surface area contributed by atoms with Gasteiger partial charge in [-0.2, -0.15) is 0 Å². The SMILES string of the molecule is CC1CCC(C)C(NCC(NC(=O)OC(C)(C)C)C(C)C)C1. The number of carbonyl (C=O) groups is 1. The van der Waals surface area contributed by atoms with Crippen molar-refractivity contribution in [3.05, 3.63) is 0 Å². The highest BCUT2D eigenvalue weighted by atomic mass is 16.6. The van der Waals surface area contributed by atoms with Crippen LogP contribution in [0.2, 0.25) is 0 Å². The maximum Gasteiger partial charge on any atom is 0.407 e. The van der Waals surface area contributed by atoms with Gasteiger partial charge >= 0.3 is 6.09 Å². The van der Waals surface area contributed by atoms with Gasteiger partial charge in [-0.05, 0) is 51.4 Å². The molecule has 1 amide bonds. The van der Waals surface area contributed by atoms with Crippen LogP contribution in [0.3, 0.4) is 0 Å². The van der Waals surface area contributed by atoms with E-state index in [0.717, 1.165) is 12.5 Å². The van der Waals surface area contributed by atoms with Crippen molar-refractivity contribution in [3.63, 3.8) is 0 Å². The van der Waals surface area contributed by atoms with Crippen molar-refractivity contribution in [2.24, 2.45) is 17.8 Å². The number of carbonyl (C=O) groups excluding carboxylic acids is 1. The predicted molar refractivity (Wildman–Crippen MR) is 92.0 cm³/mol. The molecule has 130 valence electrons. The molecule has 1 rings (SSSR count). The molecule has 4 unspecified atom stereocenters. The van der Waals surface area contributed by atoms with Crippen molar-refractivity contribution in [2.75, 3.05) is 6.54 Å². The molecule has 0 radical (unpaired) electrons. The fourth-order valence-corrected chi connectivity index (χ4v) is 3.01. The summed E-state index contributed by atoms with van der Waals surface area (Å²) in [5.74, 6) is 1.88. The number of nitrogens with one attached hydrogen (secondary N) is 2. The van der Waals surface area contributed by atoms with Gasteiger partial charge in [-0.1, -0.05) is 34.1 Å². The normalized spacial score (nSPS) is 27.5. The highest BCUT2D eigenvalue weighted by Gasteiger charge is 2.27. The molecule has 2 N–H and O–H groups in total. The van der Waals surface area contributed by atoms with E-state index in [-0.39, 0.29) is 12.1 Å².